The summed E-state index contributed by atoms with van der Waals surface area (Å²) >= 11 is 5.99. The number of rotatable bonds is 4. The van der Waals surface area contributed by atoms with E-state index < -0.39 is 17.5 Å². The highest BCUT2D eigenvalue weighted by molar-refractivity contribution is 6.30. The van der Waals surface area contributed by atoms with Gasteiger partial charge < -0.3 is 10.2 Å². The topological polar surface area (TPSA) is 87.0 Å². The van der Waals surface area contributed by atoms with Gasteiger partial charge in [0.15, 0.2) is 0 Å². The number of carbonyl (C=O) groups is 2. The van der Waals surface area contributed by atoms with E-state index in [2.05, 4.69) is 4.99 Å². The second-order valence-corrected chi connectivity index (χ2v) is 5.68. The average molecular weight is 342 g/mol. The van der Waals surface area contributed by atoms with E-state index >= 15 is 0 Å². The molecule has 0 radical (unpaired) electrons. The Hall–Kier alpha value is -2.92. The van der Waals surface area contributed by atoms with Crippen molar-refractivity contribution in [3.05, 3.63) is 81.8 Å². The standard InChI is InChI=1S/C18H12ClNO4/c19-12-6-7-13-14(8-9-16(21)22)18(17(23)24,20-15(13)10-12)11-4-2-1-3-5-11/h1-10H,(H,21,22)(H,23,24)/b9-8+. The molecular weight excluding hydrogens is 330 g/mol. The van der Waals surface area contributed by atoms with Crippen molar-refractivity contribution in [1.82, 2.24) is 0 Å². The largest absolute Gasteiger partial charge is 0.479 e. The Morgan fingerprint density at radius 1 is 1.08 bits per heavy atom. The summed E-state index contributed by atoms with van der Waals surface area (Å²) in [5.74, 6) is -2.36. The molecule has 1 heterocycles. The van der Waals surface area contributed by atoms with E-state index in [1.54, 1.807) is 48.5 Å². The molecule has 5 nitrogen and oxygen atoms in total. The lowest BCUT2D eigenvalue weighted by molar-refractivity contribution is -0.141. The molecule has 3 rings (SSSR count). The number of aliphatic carboxylic acids is 2. The number of halogens is 1. The predicted octanol–water partition coefficient (Wildman–Crippen LogP) is 1.74. The number of hydrogen-bond donors (Lipinski definition) is 2. The van der Waals surface area contributed by atoms with Gasteiger partial charge >= 0.3 is 11.9 Å². The summed E-state index contributed by atoms with van der Waals surface area (Å²) in [6.45, 7) is 0. The smallest absolute Gasteiger partial charge is 0.341 e. The fourth-order valence-corrected chi connectivity index (χ4v) is 2.98. The number of carboxylic acids is 2. The van der Waals surface area contributed by atoms with Crippen LogP contribution in [0.4, 0.5) is 0 Å². The first-order valence-electron chi connectivity index (χ1n) is 7.05. The van der Waals surface area contributed by atoms with E-state index in [1.165, 1.54) is 6.08 Å². The van der Waals surface area contributed by atoms with Gasteiger partial charge in [-0.2, -0.15) is 0 Å². The lowest BCUT2D eigenvalue weighted by Crippen LogP contribution is -2.34. The van der Waals surface area contributed by atoms with E-state index in [9.17, 15) is 14.7 Å². The minimum atomic E-state index is -1.71. The van der Waals surface area contributed by atoms with E-state index in [0.29, 0.717) is 21.2 Å². The van der Waals surface area contributed by atoms with Crippen molar-refractivity contribution >= 4 is 29.1 Å². The lowest BCUT2D eigenvalue weighted by atomic mass is 9.83. The van der Waals surface area contributed by atoms with Crippen LogP contribution in [0.5, 0.6) is 0 Å². The quantitative estimate of drug-likeness (QED) is 0.829. The number of fused-ring (bicyclic) bond motifs is 1. The van der Waals surface area contributed by atoms with Crippen molar-refractivity contribution in [3.63, 3.8) is 0 Å². The zero-order valence-electron chi connectivity index (χ0n) is 12.3. The van der Waals surface area contributed by atoms with Crippen LogP contribution in [0.2, 0.25) is 5.02 Å². The van der Waals surface area contributed by atoms with Crippen LogP contribution in [-0.2, 0) is 15.1 Å². The molecule has 2 N–H and O–H groups in total. The summed E-state index contributed by atoms with van der Waals surface area (Å²) in [6.07, 6.45) is 2.20. The van der Waals surface area contributed by atoms with Gasteiger partial charge in [-0.1, -0.05) is 48.0 Å². The molecule has 0 aliphatic carbocycles. The fourth-order valence-electron chi connectivity index (χ4n) is 2.81. The Morgan fingerprint density at radius 2 is 1.79 bits per heavy atom. The minimum Gasteiger partial charge on any atom is -0.479 e. The highest BCUT2D eigenvalue weighted by Gasteiger charge is 2.45. The molecule has 0 aromatic heterocycles. The van der Waals surface area contributed by atoms with Crippen molar-refractivity contribution in [2.75, 3.05) is 0 Å². The molecule has 2 aromatic carbocycles. The summed E-state index contributed by atoms with van der Waals surface area (Å²) in [4.78, 5) is 27.6. The maximum absolute atomic E-state index is 12.2. The molecular formula is C18H12ClNO4. The highest BCUT2D eigenvalue weighted by Crippen LogP contribution is 2.37. The molecule has 0 bridgehead atoms. The predicted molar refractivity (Wildman–Crippen MR) is 88.2 cm³/mol. The summed E-state index contributed by atoms with van der Waals surface area (Å²) in [7, 11) is 0. The third-order valence-electron chi connectivity index (χ3n) is 3.82. The molecule has 6 heteroatoms. The summed E-state index contributed by atoms with van der Waals surface area (Å²) in [6, 6.07) is 13.3. The Labute approximate surface area is 141 Å². The van der Waals surface area contributed by atoms with Gasteiger partial charge in [-0.05, 0) is 23.8 Å². The molecule has 0 saturated heterocycles. The first kappa shape index (κ1) is 16.0. The zero-order valence-corrected chi connectivity index (χ0v) is 13.1. The monoisotopic (exact) mass is 341 g/mol. The molecule has 120 valence electrons. The maximum Gasteiger partial charge on any atom is 0.341 e. The zero-order chi connectivity index (χ0) is 17.3. The highest BCUT2D eigenvalue weighted by atomic mass is 35.5. The van der Waals surface area contributed by atoms with Crippen molar-refractivity contribution < 1.29 is 19.8 Å². The van der Waals surface area contributed by atoms with Crippen LogP contribution in [0, 0.1) is 0 Å². The number of carboxylic acid groups (broad SMARTS) is 2. The van der Waals surface area contributed by atoms with E-state index in [1.807, 2.05) is 0 Å². The first-order chi connectivity index (χ1) is 11.4. The van der Waals surface area contributed by atoms with Crippen molar-refractivity contribution in [1.29, 1.82) is 0 Å². The summed E-state index contributed by atoms with van der Waals surface area (Å²) in [5, 5.41) is 20.3. The first-order valence-corrected chi connectivity index (χ1v) is 7.43. The van der Waals surface area contributed by atoms with Crippen molar-refractivity contribution in [2.45, 2.75) is 5.54 Å². The molecule has 24 heavy (non-hydrogen) atoms. The number of benzene rings is 2. The molecule has 1 unspecified atom stereocenters. The molecule has 0 spiro atoms. The molecule has 0 amide bonds. The van der Waals surface area contributed by atoms with E-state index in [4.69, 9.17) is 16.7 Å². The van der Waals surface area contributed by atoms with Gasteiger partial charge in [-0.15, -0.1) is 0 Å². The SMILES string of the molecule is O=C(O)/C=C/C1=c2ccc(Cl)cc2=NC1(C(=O)O)c1ccccc1. The normalized spacial score (nSPS) is 19.1. The van der Waals surface area contributed by atoms with Crippen LogP contribution < -0.4 is 10.6 Å². The Kier molecular flexibility index (Phi) is 3.95. The van der Waals surface area contributed by atoms with Crippen molar-refractivity contribution in [2.24, 2.45) is 4.99 Å². The van der Waals surface area contributed by atoms with Gasteiger partial charge in [-0.25, -0.2) is 9.59 Å². The minimum absolute atomic E-state index is 0.287. The summed E-state index contributed by atoms with van der Waals surface area (Å²) in [5.41, 5.74) is -0.981. The third kappa shape index (κ3) is 2.49. The van der Waals surface area contributed by atoms with Gasteiger partial charge in [0.25, 0.3) is 0 Å². The molecule has 1 aliphatic rings. The fraction of sp³-hybridized carbons (Fsp3) is 0.0556. The van der Waals surface area contributed by atoms with Crippen LogP contribution in [-0.4, -0.2) is 22.2 Å². The van der Waals surface area contributed by atoms with E-state index in [-0.39, 0.29) is 5.57 Å². The molecule has 1 atom stereocenters. The van der Waals surface area contributed by atoms with Crippen LogP contribution in [0.3, 0.4) is 0 Å². The van der Waals surface area contributed by atoms with Gasteiger partial charge in [0, 0.05) is 21.9 Å². The molecule has 0 fully saturated rings. The average Bonchev–Trinajstić information content (AvgIpc) is 2.88. The molecule has 0 saturated carbocycles. The van der Waals surface area contributed by atoms with Crippen LogP contribution in [0.25, 0.3) is 5.57 Å². The number of nitrogens with zero attached hydrogens (tertiary/aromatic N) is 1. The molecule has 1 aliphatic heterocycles. The van der Waals surface area contributed by atoms with Gasteiger partial charge in [0.1, 0.15) is 0 Å². The summed E-state index contributed by atoms with van der Waals surface area (Å²) < 4.78 is 0. The maximum atomic E-state index is 12.2. The molecule has 2 aromatic rings. The Morgan fingerprint density at radius 3 is 2.42 bits per heavy atom. The van der Waals surface area contributed by atoms with Crippen LogP contribution in [0.1, 0.15) is 5.56 Å². The van der Waals surface area contributed by atoms with Crippen molar-refractivity contribution in [3.8, 4) is 0 Å². The lowest BCUT2D eigenvalue weighted by Gasteiger charge is -2.24. The Balaban J connectivity index is 2.41. The van der Waals surface area contributed by atoms with Gasteiger partial charge in [0.2, 0.25) is 5.54 Å². The van der Waals surface area contributed by atoms with Crippen LogP contribution >= 0.6 is 11.6 Å². The third-order valence-corrected chi connectivity index (χ3v) is 4.06. The Bertz CT molecular complexity index is 982. The van der Waals surface area contributed by atoms with Crippen LogP contribution in [0.15, 0.2) is 65.7 Å². The van der Waals surface area contributed by atoms with E-state index in [0.717, 1.165) is 6.08 Å². The number of hydrogen-bond acceptors (Lipinski definition) is 3. The second kappa shape index (κ2) is 5.94. The van der Waals surface area contributed by atoms with Gasteiger partial charge in [-0.3, -0.25) is 4.99 Å². The second-order valence-electron chi connectivity index (χ2n) is 5.24. The van der Waals surface area contributed by atoms with Gasteiger partial charge in [0.05, 0.1) is 5.36 Å².